The first-order valence-corrected chi connectivity index (χ1v) is 9.23. The number of carbonyl (C=O) groups is 1. The lowest BCUT2D eigenvalue weighted by atomic mass is 10.0. The van der Waals surface area contributed by atoms with E-state index in [0.29, 0.717) is 11.6 Å². The van der Waals surface area contributed by atoms with Gasteiger partial charge in [-0.1, -0.05) is 30.3 Å². The molecule has 1 heterocycles. The maximum absolute atomic E-state index is 12.1. The van der Waals surface area contributed by atoms with E-state index in [0.717, 1.165) is 24.1 Å². The number of rotatable bonds is 7. The molecular weight excluding hydrogens is 322 g/mol. The van der Waals surface area contributed by atoms with Gasteiger partial charge in [0, 0.05) is 10.9 Å². The fraction of sp³-hybridized carbons (Fsp3) is 0.444. The zero-order valence-electron chi connectivity index (χ0n) is 13.6. The Morgan fingerprint density at radius 1 is 1.25 bits per heavy atom. The standard InChI is InChI=1S/C18H23N3O2S/c22-12-14(10-13-6-2-1-3-7-13)19-11-17(23)21-18-20-15-8-4-5-9-16(15)24-18/h1-3,6-7,14,19,22H,4-5,8-12H2,(H,20,21,23)/t14-/m0/s1. The summed E-state index contributed by atoms with van der Waals surface area (Å²) in [7, 11) is 0. The van der Waals surface area contributed by atoms with Crippen LogP contribution in [0.4, 0.5) is 5.13 Å². The van der Waals surface area contributed by atoms with Crippen LogP contribution >= 0.6 is 11.3 Å². The number of hydrogen-bond donors (Lipinski definition) is 3. The lowest BCUT2D eigenvalue weighted by molar-refractivity contribution is -0.115. The highest BCUT2D eigenvalue weighted by Gasteiger charge is 2.17. The van der Waals surface area contributed by atoms with Gasteiger partial charge in [-0.05, 0) is 37.7 Å². The van der Waals surface area contributed by atoms with Crippen LogP contribution < -0.4 is 10.6 Å². The van der Waals surface area contributed by atoms with Gasteiger partial charge in [0.15, 0.2) is 5.13 Å². The minimum Gasteiger partial charge on any atom is -0.395 e. The van der Waals surface area contributed by atoms with Crippen molar-refractivity contribution in [3.8, 4) is 0 Å². The van der Waals surface area contributed by atoms with Crippen LogP contribution in [-0.4, -0.2) is 35.2 Å². The lowest BCUT2D eigenvalue weighted by Crippen LogP contribution is -2.39. The zero-order valence-corrected chi connectivity index (χ0v) is 14.4. The highest BCUT2D eigenvalue weighted by Crippen LogP contribution is 2.29. The Labute approximate surface area is 146 Å². The number of aryl methyl sites for hydroxylation is 2. The summed E-state index contributed by atoms with van der Waals surface area (Å²) in [6, 6.07) is 9.81. The number of anilines is 1. The van der Waals surface area contributed by atoms with E-state index in [2.05, 4.69) is 15.6 Å². The summed E-state index contributed by atoms with van der Waals surface area (Å²) in [5.74, 6) is -0.118. The Kier molecular flexibility index (Phi) is 5.96. The smallest absolute Gasteiger partial charge is 0.240 e. The minimum atomic E-state index is -0.136. The minimum absolute atomic E-state index is 0.00623. The van der Waals surface area contributed by atoms with Crippen molar-refractivity contribution in [1.82, 2.24) is 10.3 Å². The van der Waals surface area contributed by atoms with Gasteiger partial charge in [-0.2, -0.15) is 0 Å². The average molecular weight is 345 g/mol. The SMILES string of the molecule is O=C(CN[C@H](CO)Cc1ccccc1)Nc1nc2c(s1)CCCC2. The number of carbonyl (C=O) groups excluding carboxylic acids is 1. The highest BCUT2D eigenvalue weighted by atomic mass is 32.1. The molecule has 6 heteroatoms. The normalized spacial score (nSPS) is 14.9. The molecule has 0 radical (unpaired) electrons. The molecule has 1 atom stereocenters. The first-order valence-electron chi connectivity index (χ1n) is 8.41. The van der Waals surface area contributed by atoms with Gasteiger partial charge in [0.05, 0.1) is 18.8 Å². The third kappa shape index (κ3) is 4.63. The number of aliphatic hydroxyl groups is 1. The molecule has 0 aliphatic heterocycles. The van der Waals surface area contributed by atoms with Gasteiger partial charge < -0.3 is 15.7 Å². The topological polar surface area (TPSA) is 74.2 Å². The molecule has 0 bridgehead atoms. The Morgan fingerprint density at radius 3 is 2.79 bits per heavy atom. The fourth-order valence-electron chi connectivity index (χ4n) is 2.91. The third-order valence-corrected chi connectivity index (χ3v) is 5.26. The number of amides is 1. The van der Waals surface area contributed by atoms with Crippen LogP contribution in [0.15, 0.2) is 30.3 Å². The molecule has 0 unspecified atom stereocenters. The van der Waals surface area contributed by atoms with Crippen molar-refractivity contribution in [2.75, 3.05) is 18.5 Å². The summed E-state index contributed by atoms with van der Waals surface area (Å²) in [4.78, 5) is 17.9. The van der Waals surface area contributed by atoms with Crippen LogP contribution in [0.2, 0.25) is 0 Å². The van der Waals surface area contributed by atoms with Gasteiger partial charge in [-0.15, -0.1) is 11.3 Å². The van der Waals surface area contributed by atoms with Crippen LogP contribution in [0.25, 0.3) is 0 Å². The van der Waals surface area contributed by atoms with E-state index >= 15 is 0 Å². The summed E-state index contributed by atoms with van der Waals surface area (Å²) in [6.07, 6.45) is 5.18. The van der Waals surface area contributed by atoms with E-state index in [4.69, 9.17) is 0 Å². The van der Waals surface area contributed by atoms with Gasteiger partial charge >= 0.3 is 0 Å². The number of benzene rings is 1. The van der Waals surface area contributed by atoms with E-state index in [1.54, 1.807) is 11.3 Å². The van der Waals surface area contributed by atoms with Crippen LogP contribution in [0.5, 0.6) is 0 Å². The number of nitrogens with zero attached hydrogens (tertiary/aromatic N) is 1. The van der Waals surface area contributed by atoms with Crippen molar-refractivity contribution in [3.63, 3.8) is 0 Å². The number of thiazole rings is 1. The zero-order chi connectivity index (χ0) is 16.8. The van der Waals surface area contributed by atoms with Crippen molar-refractivity contribution in [3.05, 3.63) is 46.5 Å². The van der Waals surface area contributed by atoms with Gasteiger partial charge in [0.25, 0.3) is 0 Å². The second kappa shape index (κ2) is 8.37. The molecule has 1 aromatic carbocycles. The third-order valence-electron chi connectivity index (χ3n) is 4.19. The molecule has 0 fully saturated rings. The Bertz CT molecular complexity index is 649. The maximum Gasteiger partial charge on any atom is 0.240 e. The van der Waals surface area contributed by atoms with E-state index in [-0.39, 0.29) is 25.1 Å². The summed E-state index contributed by atoms with van der Waals surface area (Å²) in [5, 5.41) is 16.2. The molecule has 1 amide bonds. The Hall–Kier alpha value is -1.76. The molecule has 0 spiro atoms. The molecule has 5 nitrogen and oxygen atoms in total. The van der Waals surface area contributed by atoms with Crippen molar-refractivity contribution >= 4 is 22.4 Å². The summed E-state index contributed by atoms with van der Waals surface area (Å²) in [6.45, 7) is 0.163. The van der Waals surface area contributed by atoms with E-state index < -0.39 is 0 Å². The fourth-order valence-corrected chi connectivity index (χ4v) is 3.97. The molecule has 1 aliphatic carbocycles. The van der Waals surface area contributed by atoms with E-state index in [9.17, 15) is 9.90 Å². The maximum atomic E-state index is 12.1. The van der Waals surface area contributed by atoms with Gasteiger partial charge in [0.1, 0.15) is 0 Å². The largest absolute Gasteiger partial charge is 0.395 e. The van der Waals surface area contributed by atoms with Crippen molar-refractivity contribution in [1.29, 1.82) is 0 Å². The van der Waals surface area contributed by atoms with Crippen LogP contribution in [-0.2, 0) is 24.1 Å². The van der Waals surface area contributed by atoms with Gasteiger partial charge in [-0.3, -0.25) is 4.79 Å². The molecule has 128 valence electrons. The Balaban J connectivity index is 1.48. The quantitative estimate of drug-likeness (QED) is 0.719. The summed E-state index contributed by atoms with van der Waals surface area (Å²) < 4.78 is 0. The number of nitrogens with one attached hydrogen (secondary N) is 2. The van der Waals surface area contributed by atoms with Crippen molar-refractivity contribution in [2.24, 2.45) is 0 Å². The molecule has 0 saturated heterocycles. The number of fused-ring (bicyclic) bond motifs is 1. The molecule has 3 rings (SSSR count). The lowest BCUT2D eigenvalue weighted by Gasteiger charge is -2.15. The molecule has 1 aliphatic rings. The summed E-state index contributed by atoms with van der Waals surface area (Å²) in [5.41, 5.74) is 2.28. The average Bonchev–Trinajstić information content (AvgIpc) is 3.01. The second-order valence-corrected chi connectivity index (χ2v) is 7.18. The molecule has 3 N–H and O–H groups in total. The van der Waals surface area contributed by atoms with Crippen LogP contribution in [0, 0.1) is 0 Å². The number of aliphatic hydroxyl groups excluding tert-OH is 1. The predicted molar refractivity (Wildman–Crippen MR) is 96.4 cm³/mol. The first kappa shape index (κ1) is 17.1. The van der Waals surface area contributed by atoms with Gasteiger partial charge in [-0.25, -0.2) is 4.98 Å². The van der Waals surface area contributed by atoms with Crippen LogP contribution in [0.1, 0.15) is 29.0 Å². The molecule has 1 aromatic heterocycles. The molecule has 0 saturated carbocycles. The number of hydrogen-bond acceptors (Lipinski definition) is 5. The summed E-state index contributed by atoms with van der Waals surface area (Å²) >= 11 is 1.59. The first-order chi connectivity index (χ1) is 11.7. The Morgan fingerprint density at radius 2 is 2.04 bits per heavy atom. The second-order valence-electron chi connectivity index (χ2n) is 6.09. The van der Waals surface area contributed by atoms with Crippen molar-refractivity contribution < 1.29 is 9.90 Å². The molecule has 24 heavy (non-hydrogen) atoms. The highest BCUT2D eigenvalue weighted by molar-refractivity contribution is 7.15. The van der Waals surface area contributed by atoms with E-state index in [1.807, 2.05) is 30.3 Å². The molecular formula is C18H23N3O2S. The number of aromatic nitrogens is 1. The van der Waals surface area contributed by atoms with Crippen molar-refractivity contribution in [2.45, 2.75) is 38.1 Å². The predicted octanol–water partition coefficient (Wildman–Crippen LogP) is 2.15. The van der Waals surface area contributed by atoms with Crippen LogP contribution in [0.3, 0.4) is 0 Å². The van der Waals surface area contributed by atoms with Gasteiger partial charge in [0.2, 0.25) is 5.91 Å². The van der Waals surface area contributed by atoms with E-state index in [1.165, 1.54) is 17.7 Å². The molecule has 2 aromatic rings. The monoisotopic (exact) mass is 345 g/mol.